The molecule has 0 aromatic carbocycles. The van der Waals surface area contributed by atoms with E-state index in [1.54, 1.807) is 0 Å². The predicted octanol–water partition coefficient (Wildman–Crippen LogP) is 1.92. The number of aromatic nitrogens is 3. The van der Waals surface area contributed by atoms with E-state index >= 15 is 0 Å². The maximum atomic E-state index is 12.7. The summed E-state index contributed by atoms with van der Waals surface area (Å²) < 4.78 is 1.97. The second kappa shape index (κ2) is 6.39. The van der Waals surface area contributed by atoms with Crippen molar-refractivity contribution in [1.29, 1.82) is 0 Å². The molecule has 2 aromatic heterocycles. The zero-order chi connectivity index (χ0) is 17.3. The highest BCUT2D eigenvalue weighted by atomic mass is 16.2. The molecule has 0 bridgehead atoms. The molecule has 1 N–H and O–H groups in total. The summed E-state index contributed by atoms with van der Waals surface area (Å²) in [6, 6.07) is 5.77. The minimum Gasteiger partial charge on any atom is -0.336 e. The third-order valence-corrected chi connectivity index (χ3v) is 5.03. The fourth-order valence-electron chi connectivity index (χ4n) is 2.92. The zero-order valence-electron chi connectivity index (χ0n) is 14.9. The summed E-state index contributed by atoms with van der Waals surface area (Å²) in [5.41, 5.74) is 0.723. The number of hydrogen-bond acceptors (Lipinski definition) is 4. The van der Waals surface area contributed by atoms with Crippen molar-refractivity contribution in [1.82, 2.24) is 29.7 Å². The Kier molecular flexibility index (Phi) is 4.45. The van der Waals surface area contributed by atoms with Gasteiger partial charge in [-0.1, -0.05) is 6.07 Å². The van der Waals surface area contributed by atoms with E-state index in [0.29, 0.717) is 6.54 Å². The molecule has 1 aliphatic heterocycles. The van der Waals surface area contributed by atoms with Gasteiger partial charge in [0.05, 0.1) is 6.04 Å². The van der Waals surface area contributed by atoms with Crippen LogP contribution in [0.4, 0.5) is 4.79 Å². The Hall–Kier alpha value is -2.15. The molecule has 7 nitrogen and oxygen atoms in total. The van der Waals surface area contributed by atoms with E-state index in [-0.39, 0.29) is 17.6 Å². The van der Waals surface area contributed by atoms with Gasteiger partial charge in [0.25, 0.3) is 0 Å². The first-order chi connectivity index (χ1) is 11.4. The van der Waals surface area contributed by atoms with Crippen molar-refractivity contribution in [3.63, 3.8) is 0 Å². The molecule has 1 atom stereocenters. The molecule has 0 saturated carbocycles. The van der Waals surface area contributed by atoms with Crippen LogP contribution in [0.2, 0.25) is 0 Å². The molecule has 0 unspecified atom stereocenters. The molecule has 0 spiro atoms. The Morgan fingerprint density at radius 2 is 2.17 bits per heavy atom. The number of pyridine rings is 1. The van der Waals surface area contributed by atoms with Gasteiger partial charge < -0.3 is 15.1 Å². The van der Waals surface area contributed by atoms with Crippen molar-refractivity contribution in [2.45, 2.75) is 38.3 Å². The zero-order valence-corrected chi connectivity index (χ0v) is 14.9. The van der Waals surface area contributed by atoms with Gasteiger partial charge in [0, 0.05) is 24.8 Å². The highest BCUT2D eigenvalue weighted by Gasteiger charge is 2.34. The molecule has 1 saturated heterocycles. The summed E-state index contributed by atoms with van der Waals surface area (Å²) in [7, 11) is 4.04. The van der Waals surface area contributed by atoms with Crippen molar-refractivity contribution >= 4 is 11.7 Å². The van der Waals surface area contributed by atoms with Crippen LogP contribution in [0.5, 0.6) is 0 Å². The van der Waals surface area contributed by atoms with Crippen molar-refractivity contribution in [2.75, 3.05) is 27.2 Å². The van der Waals surface area contributed by atoms with Gasteiger partial charge in [0.15, 0.2) is 11.5 Å². The highest BCUT2D eigenvalue weighted by Crippen LogP contribution is 2.31. The topological polar surface area (TPSA) is 65.8 Å². The van der Waals surface area contributed by atoms with E-state index in [4.69, 9.17) is 0 Å². The summed E-state index contributed by atoms with van der Waals surface area (Å²) >= 11 is 0. The number of carbonyl (C=O) groups excluding carboxylic acids is 1. The Morgan fingerprint density at radius 1 is 1.38 bits per heavy atom. The molecule has 3 heterocycles. The van der Waals surface area contributed by atoms with Crippen LogP contribution in [0.3, 0.4) is 0 Å². The first-order valence-corrected chi connectivity index (χ1v) is 8.42. The molecule has 2 aromatic rings. The lowest BCUT2D eigenvalue weighted by atomic mass is 10.0. The van der Waals surface area contributed by atoms with Crippen LogP contribution in [0.15, 0.2) is 24.4 Å². The number of nitrogens with zero attached hydrogens (tertiary/aromatic N) is 5. The summed E-state index contributed by atoms with van der Waals surface area (Å²) in [5.74, 6) is 0.838. The number of rotatable bonds is 4. The maximum absolute atomic E-state index is 12.7. The van der Waals surface area contributed by atoms with Gasteiger partial charge in [0.1, 0.15) is 0 Å². The largest absolute Gasteiger partial charge is 0.336 e. The number of hydrogen-bond donors (Lipinski definition) is 1. The third-order valence-electron chi connectivity index (χ3n) is 5.03. The van der Waals surface area contributed by atoms with E-state index in [1.165, 1.54) is 0 Å². The van der Waals surface area contributed by atoms with Gasteiger partial charge in [-0.25, -0.2) is 4.79 Å². The van der Waals surface area contributed by atoms with Crippen LogP contribution in [-0.4, -0.2) is 63.2 Å². The molecule has 1 fully saturated rings. The van der Waals surface area contributed by atoms with E-state index in [0.717, 1.165) is 30.9 Å². The number of carbonyl (C=O) groups is 1. The standard InChI is InChI=1S/C17H26N6O/c1-17(2,21(3)4)12-18-16(24)22-11-7-8-13(22)15-20-19-14-9-5-6-10-23(14)15/h5-6,9-10,13H,7-8,11-12H2,1-4H3,(H,18,24)/t13-/m0/s1. The van der Waals surface area contributed by atoms with Gasteiger partial charge in [-0.05, 0) is 52.9 Å². The monoisotopic (exact) mass is 330 g/mol. The van der Waals surface area contributed by atoms with Crippen LogP contribution < -0.4 is 5.32 Å². The number of likely N-dealkylation sites (tertiary alicyclic amines) is 1. The van der Waals surface area contributed by atoms with Crippen molar-refractivity contribution in [3.8, 4) is 0 Å². The SMILES string of the molecule is CN(C)C(C)(C)CNC(=O)N1CCC[C@H]1c1nnc2ccccn12. The molecule has 1 aliphatic rings. The molecule has 24 heavy (non-hydrogen) atoms. The average Bonchev–Trinajstić information content (AvgIpc) is 3.18. The van der Waals surface area contributed by atoms with Gasteiger partial charge in [-0.2, -0.15) is 0 Å². The lowest BCUT2D eigenvalue weighted by Crippen LogP contribution is -2.51. The molecule has 2 amide bonds. The number of nitrogens with one attached hydrogen (secondary N) is 1. The highest BCUT2D eigenvalue weighted by molar-refractivity contribution is 5.75. The third kappa shape index (κ3) is 3.08. The number of fused-ring (bicyclic) bond motifs is 1. The van der Waals surface area contributed by atoms with Crippen molar-refractivity contribution < 1.29 is 4.79 Å². The molecule has 0 aliphatic carbocycles. The lowest BCUT2D eigenvalue weighted by molar-refractivity contribution is 0.166. The van der Waals surface area contributed by atoms with Crippen molar-refractivity contribution in [2.24, 2.45) is 0 Å². The van der Waals surface area contributed by atoms with Gasteiger partial charge in [0.2, 0.25) is 0 Å². The minimum atomic E-state index is -0.0908. The Balaban J connectivity index is 1.75. The Bertz CT molecular complexity index is 723. The quantitative estimate of drug-likeness (QED) is 0.930. The fraction of sp³-hybridized carbons (Fsp3) is 0.588. The summed E-state index contributed by atoms with van der Waals surface area (Å²) in [4.78, 5) is 16.7. The fourth-order valence-corrected chi connectivity index (χ4v) is 2.92. The van der Waals surface area contributed by atoms with E-state index in [2.05, 4.69) is 34.3 Å². The first kappa shape index (κ1) is 16.7. The number of amides is 2. The second-order valence-electron chi connectivity index (χ2n) is 7.20. The normalized spacial score (nSPS) is 18.5. The molecule has 130 valence electrons. The van der Waals surface area contributed by atoms with Crippen LogP contribution >= 0.6 is 0 Å². The Morgan fingerprint density at radius 3 is 2.92 bits per heavy atom. The second-order valence-corrected chi connectivity index (χ2v) is 7.20. The van der Waals surface area contributed by atoms with Crippen LogP contribution in [-0.2, 0) is 0 Å². The predicted molar refractivity (Wildman–Crippen MR) is 92.8 cm³/mol. The van der Waals surface area contributed by atoms with Gasteiger partial charge in [-0.15, -0.1) is 10.2 Å². The average molecular weight is 330 g/mol. The summed E-state index contributed by atoms with van der Waals surface area (Å²) in [6.45, 7) is 5.57. The Labute approximate surface area is 142 Å². The number of likely N-dealkylation sites (N-methyl/N-ethyl adjacent to an activating group) is 1. The summed E-state index contributed by atoms with van der Waals surface area (Å²) in [6.07, 6.45) is 3.85. The molecule has 7 heteroatoms. The molecular formula is C17H26N6O. The number of urea groups is 1. The minimum absolute atomic E-state index is 0.0233. The smallest absolute Gasteiger partial charge is 0.318 e. The first-order valence-electron chi connectivity index (χ1n) is 8.42. The van der Waals surface area contributed by atoms with E-state index < -0.39 is 0 Å². The maximum Gasteiger partial charge on any atom is 0.318 e. The van der Waals surface area contributed by atoms with E-state index in [1.807, 2.05) is 47.8 Å². The van der Waals surface area contributed by atoms with Crippen LogP contribution in [0.25, 0.3) is 5.65 Å². The van der Waals surface area contributed by atoms with Crippen LogP contribution in [0.1, 0.15) is 38.6 Å². The van der Waals surface area contributed by atoms with Crippen LogP contribution in [0, 0.1) is 0 Å². The molecular weight excluding hydrogens is 304 g/mol. The molecule has 3 rings (SSSR count). The van der Waals surface area contributed by atoms with E-state index in [9.17, 15) is 4.79 Å². The van der Waals surface area contributed by atoms with Crippen molar-refractivity contribution in [3.05, 3.63) is 30.2 Å². The van der Waals surface area contributed by atoms with Gasteiger partial charge in [-0.3, -0.25) is 4.40 Å². The van der Waals surface area contributed by atoms with Gasteiger partial charge >= 0.3 is 6.03 Å². The lowest BCUT2D eigenvalue weighted by Gasteiger charge is -2.34. The summed E-state index contributed by atoms with van der Waals surface area (Å²) in [5, 5.41) is 11.6. The molecule has 0 radical (unpaired) electrons.